The van der Waals surface area contributed by atoms with E-state index in [2.05, 4.69) is 5.10 Å². The number of aryl methyl sites for hydroxylation is 1. The number of para-hydroxylation sites is 1. The zero-order chi connectivity index (χ0) is 15.8. The van der Waals surface area contributed by atoms with E-state index >= 15 is 0 Å². The van der Waals surface area contributed by atoms with Gasteiger partial charge in [0.15, 0.2) is 5.65 Å². The van der Waals surface area contributed by atoms with Crippen molar-refractivity contribution in [2.24, 2.45) is 0 Å². The van der Waals surface area contributed by atoms with Gasteiger partial charge in [-0.1, -0.05) is 18.2 Å². The number of nitrogens with zero attached hydrogens (tertiary/aromatic N) is 3. The maximum Gasteiger partial charge on any atom is 0.163 e. The van der Waals surface area contributed by atoms with E-state index in [-0.39, 0.29) is 5.75 Å². The maximum atomic E-state index is 9.44. The summed E-state index contributed by atoms with van der Waals surface area (Å²) in [4.78, 5) is 4.79. The minimum Gasteiger partial charge on any atom is -0.508 e. The number of phenols is 1. The minimum atomic E-state index is 0.250. The highest BCUT2D eigenvalue weighted by atomic mass is 16.3. The standard InChI is InChI=1S/C19H15N3O/c1-13-17-11-12-18(14-7-9-16(23)10-8-14)20-19(17)22(21-13)15-5-3-2-4-6-15/h2-12,23H,1H3. The number of aromatic hydroxyl groups is 1. The number of hydrogen-bond acceptors (Lipinski definition) is 3. The van der Waals surface area contributed by atoms with Gasteiger partial charge in [0.2, 0.25) is 0 Å². The number of phenolic OH excluding ortho intramolecular Hbond substituents is 1. The van der Waals surface area contributed by atoms with Crippen LogP contribution in [-0.4, -0.2) is 19.9 Å². The summed E-state index contributed by atoms with van der Waals surface area (Å²) in [6.45, 7) is 1.99. The molecule has 4 nitrogen and oxygen atoms in total. The lowest BCUT2D eigenvalue weighted by molar-refractivity contribution is 0.475. The molecule has 4 rings (SSSR count). The van der Waals surface area contributed by atoms with Crippen LogP contribution < -0.4 is 0 Å². The molecular weight excluding hydrogens is 286 g/mol. The first-order valence-corrected chi connectivity index (χ1v) is 7.43. The van der Waals surface area contributed by atoms with Crippen molar-refractivity contribution in [3.8, 4) is 22.7 Å². The third kappa shape index (κ3) is 2.34. The number of pyridine rings is 1. The fraction of sp³-hybridized carbons (Fsp3) is 0.0526. The van der Waals surface area contributed by atoms with Crippen molar-refractivity contribution in [3.05, 3.63) is 72.4 Å². The van der Waals surface area contributed by atoms with Crippen molar-refractivity contribution in [2.45, 2.75) is 6.92 Å². The molecule has 0 amide bonds. The SMILES string of the molecule is Cc1nn(-c2ccccc2)c2nc(-c3ccc(O)cc3)ccc12. The van der Waals surface area contributed by atoms with Gasteiger partial charge in [0, 0.05) is 10.9 Å². The van der Waals surface area contributed by atoms with E-state index in [4.69, 9.17) is 4.98 Å². The van der Waals surface area contributed by atoms with Crippen LogP contribution in [0.3, 0.4) is 0 Å². The second-order valence-electron chi connectivity index (χ2n) is 5.45. The lowest BCUT2D eigenvalue weighted by atomic mass is 10.1. The van der Waals surface area contributed by atoms with E-state index < -0.39 is 0 Å². The van der Waals surface area contributed by atoms with Gasteiger partial charge in [0.05, 0.1) is 17.1 Å². The van der Waals surface area contributed by atoms with Gasteiger partial charge in [-0.2, -0.15) is 5.10 Å². The van der Waals surface area contributed by atoms with Crippen LogP contribution in [0.4, 0.5) is 0 Å². The molecule has 0 aliphatic rings. The molecular formula is C19H15N3O. The van der Waals surface area contributed by atoms with Gasteiger partial charge in [-0.3, -0.25) is 0 Å². The Hall–Kier alpha value is -3.14. The van der Waals surface area contributed by atoms with Gasteiger partial charge in [-0.15, -0.1) is 0 Å². The summed E-state index contributed by atoms with van der Waals surface area (Å²) in [6.07, 6.45) is 0. The second kappa shape index (κ2) is 5.25. The summed E-state index contributed by atoms with van der Waals surface area (Å²) in [6, 6.07) is 21.1. The molecule has 4 heteroatoms. The predicted octanol–water partition coefficient (Wildman–Crippen LogP) is 4.10. The lowest BCUT2D eigenvalue weighted by Gasteiger charge is -2.05. The van der Waals surface area contributed by atoms with Crippen LogP contribution in [0.5, 0.6) is 5.75 Å². The summed E-state index contributed by atoms with van der Waals surface area (Å²) in [5, 5.41) is 15.1. The van der Waals surface area contributed by atoms with E-state index in [0.717, 1.165) is 33.7 Å². The first-order valence-electron chi connectivity index (χ1n) is 7.43. The molecule has 0 spiro atoms. The van der Waals surface area contributed by atoms with Crippen LogP contribution >= 0.6 is 0 Å². The molecule has 0 radical (unpaired) electrons. The predicted molar refractivity (Wildman–Crippen MR) is 90.7 cm³/mol. The Bertz CT molecular complexity index is 973. The number of hydrogen-bond donors (Lipinski definition) is 1. The molecule has 2 aromatic heterocycles. The highest BCUT2D eigenvalue weighted by Crippen LogP contribution is 2.25. The van der Waals surface area contributed by atoms with Gasteiger partial charge >= 0.3 is 0 Å². The van der Waals surface area contributed by atoms with Gasteiger partial charge < -0.3 is 5.11 Å². The van der Waals surface area contributed by atoms with Gasteiger partial charge in [-0.05, 0) is 55.5 Å². The first-order chi connectivity index (χ1) is 11.2. The van der Waals surface area contributed by atoms with Crippen molar-refractivity contribution >= 4 is 11.0 Å². The molecule has 0 fully saturated rings. The fourth-order valence-corrected chi connectivity index (χ4v) is 2.69. The van der Waals surface area contributed by atoms with Crippen molar-refractivity contribution in [2.75, 3.05) is 0 Å². The summed E-state index contributed by atoms with van der Waals surface area (Å²) >= 11 is 0. The molecule has 0 unspecified atom stereocenters. The molecule has 23 heavy (non-hydrogen) atoms. The molecule has 0 atom stereocenters. The third-order valence-corrected chi connectivity index (χ3v) is 3.88. The fourth-order valence-electron chi connectivity index (χ4n) is 2.69. The largest absolute Gasteiger partial charge is 0.508 e. The normalized spacial score (nSPS) is 11.0. The zero-order valence-corrected chi connectivity index (χ0v) is 12.6. The molecule has 0 saturated heterocycles. The first kappa shape index (κ1) is 13.5. The van der Waals surface area contributed by atoms with E-state index in [9.17, 15) is 5.11 Å². The van der Waals surface area contributed by atoms with Crippen molar-refractivity contribution in [1.29, 1.82) is 0 Å². The molecule has 1 N–H and O–H groups in total. The van der Waals surface area contributed by atoms with Crippen LogP contribution in [0.2, 0.25) is 0 Å². The van der Waals surface area contributed by atoms with Gasteiger partial charge in [0.25, 0.3) is 0 Å². The van der Waals surface area contributed by atoms with Crippen LogP contribution in [0.1, 0.15) is 5.69 Å². The molecule has 2 aromatic carbocycles. The third-order valence-electron chi connectivity index (χ3n) is 3.88. The van der Waals surface area contributed by atoms with Crippen LogP contribution in [0.25, 0.3) is 28.0 Å². The van der Waals surface area contributed by atoms with Gasteiger partial charge in [-0.25, -0.2) is 9.67 Å². The maximum absolute atomic E-state index is 9.44. The quantitative estimate of drug-likeness (QED) is 0.606. The monoisotopic (exact) mass is 301 g/mol. The Morgan fingerprint density at radius 3 is 2.35 bits per heavy atom. The van der Waals surface area contributed by atoms with Crippen LogP contribution in [-0.2, 0) is 0 Å². The number of fused-ring (bicyclic) bond motifs is 1. The van der Waals surface area contributed by atoms with Crippen LogP contribution in [0.15, 0.2) is 66.7 Å². The Morgan fingerprint density at radius 1 is 0.870 bits per heavy atom. The van der Waals surface area contributed by atoms with E-state index in [1.165, 1.54) is 0 Å². The van der Waals surface area contributed by atoms with Crippen molar-refractivity contribution < 1.29 is 5.11 Å². The van der Waals surface area contributed by atoms with Crippen molar-refractivity contribution in [3.63, 3.8) is 0 Å². The molecule has 0 bridgehead atoms. The lowest BCUT2D eigenvalue weighted by Crippen LogP contribution is -1.98. The Kier molecular flexibility index (Phi) is 3.08. The highest BCUT2D eigenvalue weighted by Gasteiger charge is 2.11. The molecule has 112 valence electrons. The summed E-state index contributed by atoms with van der Waals surface area (Å²) in [5.74, 6) is 0.250. The van der Waals surface area contributed by atoms with Crippen molar-refractivity contribution in [1.82, 2.24) is 14.8 Å². The van der Waals surface area contributed by atoms with E-state index in [1.54, 1.807) is 12.1 Å². The van der Waals surface area contributed by atoms with E-state index in [1.807, 2.05) is 66.2 Å². The summed E-state index contributed by atoms with van der Waals surface area (Å²) < 4.78 is 1.87. The zero-order valence-electron chi connectivity index (χ0n) is 12.6. The summed E-state index contributed by atoms with van der Waals surface area (Å²) in [7, 11) is 0. The average molecular weight is 301 g/mol. The van der Waals surface area contributed by atoms with E-state index in [0.29, 0.717) is 0 Å². The van der Waals surface area contributed by atoms with Crippen LogP contribution in [0, 0.1) is 6.92 Å². The molecule has 0 saturated carbocycles. The smallest absolute Gasteiger partial charge is 0.163 e. The Balaban J connectivity index is 1.92. The minimum absolute atomic E-state index is 0.250. The number of benzene rings is 2. The summed E-state index contributed by atoms with van der Waals surface area (Å²) in [5.41, 5.74) is 4.59. The molecule has 0 aliphatic carbocycles. The number of rotatable bonds is 2. The highest BCUT2D eigenvalue weighted by molar-refractivity contribution is 5.82. The molecule has 4 aromatic rings. The average Bonchev–Trinajstić information content (AvgIpc) is 2.93. The van der Waals surface area contributed by atoms with Gasteiger partial charge in [0.1, 0.15) is 5.75 Å². The Labute approximate surface area is 133 Å². The second-order valence-corrected chi connectivity index (χ2v) is 5.45. The number of aromatic nitrogens is 3. The Morgan fingerprint density at radius 2 is 1.61 bits per heavy atom. The molecule has 2 heterocycles. The topological polar surface area (TPSA) is 50.9 Å². The molecule has 0 aliphatic heterocycles.